The van der Waals surface area contributed by atoms with E-state index in [0.717, 1.165) is 38.6 Å². The highest BCUT2D eigenvalue weighted by molar-refractivity contribution is 9.10. The van der Waals surface area contributed by atoms with Crippen LogP contribution in [0, 0.1) is 0 Å². The van der Waals surface area contributed by atoms with E-state index < -0.39 is 0 Å². The Hall–Kier alpha value is -2.31. The first-order valence-electron chi connectivity index (χ1n) is 8.18. The van der Waals surface area contributed by atoms with Crippen LogP contribution in [-0.2, 0) is 5.75 Å². The second-order valence-corrected chi connectivity index (χ2v) is 7.57. The molecule has 0 saturated heterocycles. The number of halogens is 1. The van der Waals surface area contributed by atoms with Crippen LogP contribution in [0.3, 0.4) is 0 Å². The zero-order valence-corrected chi connectivity index (χ0v) is 16.6. The SMILES string of the molecule is CSCc1ccn2c(Nc3ccccc3Br)c(-c3cccnc3)nc2c1. The minimum Gasteiger partial charge on any atom is -0.339 e. The van der Waals surface area contributed by atoms with Crippen molar-refractivity contribution in [1.82, 2.24) is 14.4 Å². The predicted molar refractivity (Wildman–Crippen MR) is 113 cm³/mol. The van der Waals surface area contributed by atoms with Crippen molar-refractivity contribution in [3.8, 4) is 11.3 Å². The largest absolute Gasteiger partial charge is 0.339 e. The smallest absolute Gasteiger partial charge is 0.143 e. The van der Waals surface area contributed by atoms with E-state index in [4.69, 9.17) is 4.98 Å². The minimum absolute atomic E-state index is 0.884. The molecule has 0 aliphatic heterocycles. The monoisotopic (exact) mass is 424 g/mol. The van der Waals surface area contributed by atoms with Gasteiger partial charge >= 0.3 is 0 Å². The average molecular weight is 425 g/mol. The Balaban J connectivity index is 1.89. The number of anilines is 2. The van der Waals surface area contributed by atoms with Crippen molar-refractivity contribution in [1.29, 1.82) is 0 Å². The number of aromatic nitrogens is 3. The molecule has 0 unspecified atom stereocenters. The summed E-state index contributed by atoms with van der Waals surface area (Å²) in [4.78, 5) is 9.14. The lowest BCUT2D eigenvalue weighted by atomic mass is 10.2. The van der Waals surface area contributed by atoms with Gasteiger partial charge in [0.2, 0.25) is 0 Å². The second kappa shape index (κ2) is 7.51. The molecular formula is C20H17BrN4S. The molecular weight excluding hydrogens is 408 g/mol. The number of nitrogens with one attached hydrogen (secondary N) is 1. The summed E-state index contributed by atoms with van der Waals surface area (Å²) >= 11 is 5.42. The van der Waals surface area contributed by atoms with E-state index in [0.29, 0.717) is 0 Å². The van der Waals surface area contributed by atoms with Crippen LogP contribution in [-0.4, -0.2) is 20.6 Å². The van der Waals surface area contributed by atoms with Crippen LogP contribution in [0.15, 0.2) is 71.6 Å². The molecule has 0 amide bonds. The first kappa shape index (κ1) is 17.1. The molecule has 0 radical (unpaired) electrons. The lowest BCUT2D eigenvalue weighted by Crippen LogP contribution is -1.98. The summed E-state index contributed by atoms with van der Waals surface area (Å²) in [6.45, 7) is 0. The fraction of sp³-hybridized carbons (Fsp3) is 0.100. The van der Waals surface area contributed by atoms with E-state index in [2.05, 4.69) is 55.2 Å². The standard InChI is InChI=1S/C20H17BrN4S/c1-26-13-14-8-10-25-18(11-14)24-19(15-5-4-9-22-12-15)20(25)23-17-7-3-2-6-16(17)21/h2-12,23H,13H2,1H3. The summed E-state index contributed by atoms with van der Waals surface area (Å²) in [5, 5.41) is 3.53. The number of hydrogen-bond acceptors (Lipinski definition) is 4. The Kier molecular flexibility index (Phi) is 4.95. The molecule has 0 atom stereocenters. The molecule has 3 heterocycles. The van der Waals surface area contributed by atoms with Crippen LogP contribution in [0.25, 0.3) is 16.9 Å². The number of nitrogens with zero attached hydrogens (tertiary/aromatic N) is 3. The van der Waals surface area contributed by atoms with Gasteiger partial charge in [-0.3, -0.25) is 9.38 Å². The molecule has 0 aliphatic rings. The van der Waals surface area contributed by atoms with Gasteiger partial charge in [0.25, 0.3) is 0 Å². The Morgan fingerprint density at radius 1 is 1.15 bits per heavy atom. The molecule has 0 fully saturated rings. The Morgan fingerprint density at radius 2 is 2.04 bits per heavy atom. The predicted octanol–water partition coefficient (Wildman–Crippen LogP) is 5.77. The van der Waals surface area contributed by atoms with Gasteiger partial charge in [0.05, 0.1) is 5.69 Å². The van der Waals surface area contributed by atoms with Gasteiger partial charge in [-0.05, 0) is 64.1 Å². The number of fused-ring (bicyclic) bond motifs is 1. The summed E-state index contributed by atoms with van der Waals surface area (Å²) in [6, 6.07) is 16.3. The summed E-state index contributed by atoms with van der Waals surface area (Å²) in [6.07, 6.45) is 7.80. The first-order chi connectivity index (χ1) is 12.8. The Labute approximate surface area is 164 Å². The van der Waals surface area contributed by atoms with Gasteiger partial charge in [-0.1, -0.05) is 12.1 Å². The average Bonchev–Trinajstić information content (AvgIpc) is 3.02. The van der Waals surface area contributed by atoms with Crippen LogP contribution in [0.2, 0.25) is 0 Å². The van der Waals surface area contributed by atoms with Crippen molar-refractivity contribution in [3.63, 3.8) is 0 Å². The Morgan fingerprint density at radius 3 is 2.81 bits per heavy atom. The highest BCUT2D eigenvalue weighted by Gasteiger charge is 2.15. The molecule has 0 saturated carbocycles. The molecule has 1 N–H and O–H groups in total. The molecule has 130 valence electrons. The van der Waals surface area contributed by atoms with Gasteiger partial charge in [0.15, 0.2) is 0 Å². The lowest BCUT2D eigenvalue weighted by Gasteiger charge is -2.10. The van der Waals surface area contributed by atoms with Gasteiger partial charge in [0, 0.05) is 34.4 Å². The summed E-state index contributed by atoms with van der Waals surface area (Å²) < 4.78 is 3.09. The van der Waals surface area contributed by atoms with Crippen LogP contribution < -0.4 is 5.32 Å². The summed E-state index contributed by atoms with van der Waals surface area (Å²) in [5.41, 5.74) is 5.05. The maximum Gasteiger partial charge on any atom is 0.143 e. The molecule has 0 bridgehead atoms. The van der Waals surface area contributed by atoms with E-state index in [-0.39, 0.29) is 0 Å². The van der Waals surface area contributed by atoms with Crippen molar-refractivity contribution < 1.29 is 0 Å². The highest BCUT2D eigenvalue weighted by atomic mass is 79.9. The molecule has 3 aromatic heterocycles. The molecule has 0 aliphatic carbocycles. The van der Waals surface area contributed by atoms with E-state index in [1.165, 1.54) is 5.56 Å². The number of hydrogen-bond donors (Lipinski definition) is 1. The van der Waals surface area contributed by atoms with E-state index >= 15 is 0 Å². The van der Waals surface area contributed by atoms with E-state index in [9.17, 15) is 0 Å². The number of para-hydroxylation sites is 1. The Bertz CT molecular complexity index is 1050. The van der Waals surface area contributed by atoms with Crippen LogP contribution in [0.1, 0.15) is 5.56 Å². The fourth-order valence-corrected chi connectivity index (χ4v) is 3.75. The van der Waals surface area contributed by atoms with Gasteiger partial charge in [-0.2, -0.15) is 11.8 Å². The second-order valence-electron chi connectivity index (χ2n) is 5.85. The molecule has 4 nitrogen and oxygen atoms in total. The van der Waals surface area contributed by atoms with Crippen molar-refractivity contribution in [2.45, 2.75) is 5.75 Å². The lowest BCUT2D eigenvalue weighted by molar-refractivity contribution is 1.16. The molecule has 26 heavy (non-hydrogen) atoms. The van der Waals surface area contributed by atoms with Gasteiger partial charge in [0.1, 0.15) is 17.2 Å². The van der Waals surface area contributed by atoms with E-state index in [1.807, 2.05) is 42.6 Å². The zero-order valence-electron chi connectivity index (χ0n) is 14.2. The van der Waals surface area contributed by atoms with Crippen molar-refractivity contribution in [2.75, 3.05) is 11.6 Å². The van der Waals surface area contributed by atoms with Crippen molar-refractivity contribution in [3.05, 3.63) is 77.2 Å². The molecule has 1 aromatic carbocycles. The number of imidazole rings is 1. The molecule has 4 rings (SSSR count). The third kappa shape index (κ3) is 3.34. The normalized spacial score (nSPS) is 11.0. The minimum atomic E-state index is 0.884. The summed E-state index contributed by atoms with van der Waals surface area (Å²) in [5.74, 6) is 1.90. The number of thioether (sulfide) groups is 1. The molecule has 6 heteroatoms. The topological polar surface area (TPSA) is 42.2 Å². The van der Waals surface area contributed by atoms with Gasteiger partial charge < -0.3 is 5.32 Å². The number of rotatable bonds is 5. The molecule has 4 aromatic rings. The van der Waals surface area contributed by atoms with Crippen LogP contribution in [0.5, 0.6) is 0 Å². The zero-order chi connectivity index (χ0) is 17.9. The highest BCUT2D eigenvalue weighted by Crippen LogP contribution is 2.33. The van der Waals surface area contributed by atoms with Crippen LogP contribution in [0.4, 0.5) is 11.5 Å². The van der Waals surface area contributed by atoms with E-state index in [1.54, 1.807) is 18.0 Å². The number of benzene rings is 1. The van der Waals surface area contributed by atoms with Crippen molar-refractivity contribution >= 4 is 44.8 Å². The third-order valence-corrected chi connectivity index (χ3v) is 5.38. The maximum absolute atomic E-state index is 4.89. The van der Waals surface area contributed by atoms with Crippen LogP contribution >= 0.6 is 27.7 Å². The first-order valence-corrected chi connectivity index (χ1v) is 10.4. The van der Waals surface area contributed by atoms with Gasteiger partial charge in [-0.25, -0.2) is 4.98 Å². The molecule has 0 spiro atoms. The fourth-order valence-electron chi connectivity index (χ4n) is 2.86. The van der Waals surface area contributed by atoms with Crippen molar-refractivity contribution in [2.24, 2.45) is 0 Å². The maximum atomic E-state index is 4.89. The van der Waals surface area contributed by atoms with Gasteiger partial charge in [-0.15, -0.1) is 0 Å². The summed E-state index contributed by atoms with van der Waals surface area (Å²) in [7, 11) is 0. The quantitative estimate of drug-likeness (QED) is 0.441. The third-order valence-electron chi connectivity index (χ3n) is 4.06. The number of pyridine rings is 2.